The second-order valence-corrected chi connectivity index (χ2v) is 7.01. The zero-order chi connectivity index (χ0) is 14.3. The number of carbonyl (C=O) groups excluding carboxylic acids is 2. The molecule has 2 bridgehead atoms. The van der Waals surface area contributed by atoms with E-state index in [4.69, 9.17) is 0 Å². The lowest BCUT2D eigenvalue weighted by molar-refractivity contribution is -0.124. The van der Waals surface area contributed by atoms with E-state index in [-0.39, 0.29) is 23.7 Å². The molecular weight excluding hydrogens is 262 g/mol. The summed E-state index contributed by atoms with van der Waals surface area (Å²) in [6.45, 7) is 1.99. The van der Waals surface area contributed by atoms with E-state index < -0.39 is 0 Å². The summed E-state index contributed by atoms with van der Waals surface area (Å²) in [6.07, 6.45) is 5.64. The van der Waals surface area contributed by atoms with Crippen molar-refractivity contribution in [3.05, 3.63) is 42.0 Å². The fraction of sp³-hybridized carbons (Fsp3) is 0.444. The number of carbonyl (C=O) groups is 2. The van der Waals surface area contributed by atoms with E-state index in [1.54, 1.807) is 0 Å². The average Bonchev–Trinajstić information content (AvgIpc) is 3.24. The van der Waals surface area contributed by atoms with Crippen molar-refractivity contribution in [3.63, 3.8) is 0 Å². The third kappa shape index (κ3) is 1.34. The Morgan fingerprint density at radius 2 is 1.62 bits per heavy atom. The summed E-state index contributed by atoms with van der Waals surface area (Å²) in [6, 6.07) is 7.71. The lowest BCUT2D eigenvalue weighted by Gasteiger charge is -2.37. The molecule has 0 unspecified atom stereocenters. The van der Waals surface area contributed by atoms with Crippen LogP contribution in [-0.4, -0.2) is 11.8 Å². The predicted octanol–water partition coefficient (Wildman–Crippen LogP) is 2.55. The first kappa shape index (κ1) is 11.7. The van der Waals surface area contributed by atoms with E-state index in [9.17, 15) is 9.59 Å². The van der Waals surface area contributed by atoms with Gasteiger partial charge in [-0.25, -0.2) is 0 Å². The van der Waals surface area contributed by atoms with Crippen molar-refractivity contribution in [2.24, 2.45) is 35.5 Å². The van der Waals surface area contributed by atoms with E-state index in [2.05, 4.69) is 12.2 Å². The lowest BCUT2D eigenvalue weighted by atomic mass is 9.63. The van der Waals surface area contributed by atoms with Crippen molar-refractivity contribution < 1.29 is 9.59 Å². The Balaban J connectivity index is 1.60. The van der Waals surface area contributed by atoms with Gasteiger partial charge in [0, 0.05) is 0 Å². The molecule has 2 amide bonds. The largest absolute Gasteiger partial charge is 0.274 e. The molecule has 6 rings (SSSR count). The van der Waals surface area contributed by atoms with Gasteiger partial charge in [-0.05, 0) is 54.7 Å². The minimum Gasteiger partial charge on any atom is -0.274 e. The van der Waals surface area contributed by atoms with E-state index in [1.807, 2.05) is 31.2 Å². The molecule has 4 aliphatic carbocycles. The number of aryl methyl sites for hydroxylation is 1. The first-order valence-corrected chi connectivity index (χ1v) is 7.79. The first-order chi connectivity index (χ1) is 10.2. The van der Waals surface area contributed by atoms with Gasteiger partial charge in [0.2, 0.25) is 11.8 Å². The average molecular weight is 279 g/mol. The summed E-state index contributed by atoms with van der Waals surface area (Å²) in [4.78, 5) is 27.2. The third-order valence-electron chi connectivity index (χ3n) is 5.92. The van der Waals surface area contributed by atoms with Crippen LogP contribution in [0.4, 0.5) is 5.69 Å². The molecule has 1 aliphatic heterocycles. The number of allylic oxidation sites excluding steroid dienone is 2. The molecule has 3 heteroatoms. The second kappa shape index (κ2) is 3.65. The molecule has 3 fully saturated rings. The summed E-state index contributed by atoms with van der Waals surface area (Å²) in [5, 5.41) is 0. The minimum atomic E-state index is -0.100. The number of amides is 2. The Labute approximate surface area is 123 Å². The number of hydrogen-bond donors (Lipinski definition) is 0. The van der Waals surface area contributed by atoms with Crippen LogP contribution in [0.3, 0.4) is 0 Å². The highest BCUT2D eigenvalue weighted by atomic mass is 16.2. The summed E-state index contributed by atoms with van der Waals surface area (Å²) >= 11 is 0. The van der Waals surface area contributed by atoms with Gasteiger partial charge < -0.3 is 0 Å². The Morgan fingerprint density at radius 1 is 1.00 bits per heavy atom. The van der Waals surface area contributed by atoms with Gasteiger partial charge in [-0.2, -0.15) is 0 Å². The molecule has 1 aromatic rings. The minimum absolute atomic E-state index is 0.0281. The Hall–Kier alpha value is -1.90. The van der Waals surface area contributed by atoms with Gasteiger partial charge in [0.1, 0.15) is 0 Å². The van der Waals surface area contributed by atoms with Crippen molar-refractivity contribution in [1.29, 1.82) is 0 Å². The van der Waals surface area contributed by atoms with Crippen LogP contribution in [-0.2, 0) is 9.59 Å². The molecule has 1 saturated heterocycles. The SMILES string of the molecule is Cc1cccc(N2C(=O)[C@@H]3[C@@H]4C=C[C@H]([C@H]5C[C@@H]45)[C@@H]3C2=O)c1. The maximum Gasteiger partial charge on any atom is 0.238 e. The number of anilines is 1. The highest BCUT2D eigenvalue weighted by Crippen LogP contribution is 2.65. The van der Waals surface area contributed by atoms with E-state index in [0.717, 1.165) is 11.3 Å². The summed E-state index contributed by atoms with van der Waals surface area (Å²) in [7, 11) is 0. The summed E-state index contributed by atoms with van der Waals surface area (Å²) < 4.78 is 0. The molecule has 3 nitrogen and oxygen atoms in total. The maximum atomic E-state index is 12.9. The predicted molar refractivity (Wildman–Crippen MR) is 78.4 cm³/mol. The second-order valence-electron chi connectivity index (χ2n) is 7.01. The van der Waals surface area contributed by atoms with Crippen molar-refractivity contribution >= 4 is 17.5 Å². The van der Waals surface area contributed by atoms with Crippen LogP contribution in [0.15, 0.2) is 36.4 Å². The maximum absolute atomic E-state index is 12.9. The zero-order valence-electron chi connectivity index (χ0n) is 11.9. The van der Waals surface area contributed by atoms with Gasteiger partial charge in [0.15, 0.2) is 0 Å². The number of rotatable bonds is 1. The zero-order valence-corrected chi connectivity index (χ0v) is 11.9. The third-order valence-corrected chi connectivity index (χ3v) is 5.92. The molecule has 0 radical (unpaired) electrons. The van der Waals surface area contributed by atoms with Crippen molar-refractivity contribution in [2.45, 2.75) is 13.3 Å². The smallest absolute Gasteiger partial charge is 0.238 e. The van der Waals surface area contributed by atoms with Gasteiger partial charge in [0.05, 0.1) is 17.5 Å². The Kier molecular flexibility index (Phi) is 2.04. The van der Waals surface area contributed by atoms with Crippen molar-refractivity contribution in [1.82, 2.24) is 0 Å². The molecule has 1 aromatic carbocycles. The van der Waals surface area contributed by atoms with E-state index >= 15 is 0 Å². The van der Waals surface area contributed by atoms with E-state index in [1.165, 1.54) is 11.3 Å². The molecule has 21 heavy (non-hydrogen) atoms. The standard InChI is InChI=1S/C18H17NO2/c1-9-3-2-4-10(7-9)19-17(20)15-11-5-6-12(14-8-13(11)14)16(15)18(19)21/h2-7,11-16H,8H2,1H3/t11-,12-,13-,14+,15+,16-/m1/s1. The molecule has 0 spiro atoms. The van der Waals surface area contributed by atoms with Crippen LogP contribution in [0, 0.1) is 42.4 Å². The highest BCUT2D eigenvalue weighted by molar-refractivity contribution is 6.22. The number of hydrogen-bond acceptors (Lipinski definition) is 2. The normalized spacial score (nSPS) is 42.2. The molecular formula is C18H17NO2. The van der Waals surface area contributed by atoms with Crippen LogP contribution >= 0.6 is 0 Å². The quantitative estimate of drug-likeness (QED) is 0.585. The molecule has 1 heterocycles. The summed E-state index contributed by atoms with van der Waals surface area (Å²) in [5.74, 6) is 1.78. The molecule has 106 valence electrons. The number of benzene rings is 1. The van der Waals surface area contributed by atoms with Gasteiger partial charge in [-0.3, -0.25) is 14.5 Å². The monoisotopic (exact) mass is 279 g/mol. The van der Waals surface area contributed by atoms with Gasteiger partial charge >= 0.3 is 0 Å². The molecule has 0 N–H and O–H groups in total. The number of nitrogens with zero attached hydrogens (tertiary/aromatic N) is 1. The van der Waals surface area contributed by atoms with Crippen LogP contribution in [0.25, 0.3) is 0 Å². The van der Waals surface area contributed by atoms with Crippen LogP contribution in [0.2, 0.25) is 0 Å². The van der Waals surface area contributed by atoms with Crippen LogP contribution < -0.4 is 4.90 Å². The first-order valence-electron chi connectivity index (χ1n) is 7.79. The van der Waals surface area contributed by atoms with Crippen LogP contribution in [0.5, 0.6) is 0 Å². The topological polar surface area (TPSA) is 37.4 Å². The fourth-order valence-electron chi connectivity index (χ4n) is 4.98. The molecule has 0 aromatic heterocycles. The van der Waals surface area contributed by atoms with Gasteiger partial charge in [0.25, 0.3) is 0 Å². The summed E-state index contributed by atoms with van der Waals surface area (Å²) in [5.41, 5.74) is 1.82. The van der Waals surface area contributed by atoms with Crippen LogP contribution in [0.1, 0.15) is 12.0 Å². The van der Waals surface area contributed by atoms with Crippen molar-refractivity contribution in [2.75, 3.05) is 4.90 Å². The Bertz CT molecular complexity index is 671. The molecule has 6 atom stereocenters. The van der Waals surface area contributed by atoms with Gasteiger partial charge in [-0.15, -0.1) is 0 Å². The van der Waals surface area contributed by atoms with E-state index in [0.29, 0.717) is 23.7 Å². The molecule has 5 aliphatic rings. The molecule has 2 saturated carbocycles. The van der Waals surface area contributed by atoms with Gasteiger partial charge in [-0.1, -0.05) is 24.3 Å². The van der Waals surface area contributed by atoms with Crippen molar-refractivity contribution in [3.8, 4) is 0 Å². The number of imide groups is 1. The fourth-order valence-corrected chi connectivity index (χ4v) is 4.98. The highest BCUT2D eigenvalue weighted by Gasteiger charge is 2.67. The Morgan fingerprint density at radius 3 is 2.19 bits per heavy atom. The lowest BCUT2D eigenvalue weighted by Crippen LogP contribution is -2.40.